The van der Waals surface area contributed by atoms with E-state index in [4.69, 9.17) is 21.1 Å². The summed E-state index contributed by atoms with van der Waals surface area (Å²) in [5, 5.41) is 7.91. The van der Waals surface area contributed by atoms with Crippen molar-refractivity contribution in [1.29, 1.82) is 0 Å². The molecule has 0 spiro atoms. The van der Waals surface area contributed by atoms with Gasteiger partial charge in [-0.05, 0) is 36.8 Å². The van der Waals surface area contributed by atoms with Crippen LogP contribution in [0.15, 0.2) is 30.3 Å². The van der Waals surface area contributed by atoms with Gasteiger partial charge in [0.05, 0.1) is 6.61 Å². The van der Waals surface area contributed by atoms with Crippen LogP contribution in [-0.2, 0) is 4.74 Å². The molecule has 4 rings (SSSR count). The zero-order chi connectivity index (χ0) is 17.9. The van der Waals surface area contributed by atoms with E-state index in [-0.39, 0.29) is 12.0 Å². The Morgan fingerprint density at radius 3 is 2.69 bits per heavy atom. The molecule has 2 fully saturated rings. The summed E-state index contributed by atoms with van der Waals surface area (Å²) in [7, 11) is 0. The molecule has 2 saturated heterocycles. The topological polar surface area (TPSA) is 67.5 Å². The second kappa shape index (κ2) is 7.68. The summed E-state index contributed by atoms with van der Waals surface area (Å²) in [5.74, 6) is 1.12. The molecule has 6 nitrogen and oxygen atoms in total. The summed E-state index contributed by atoms with van der Waals surface area (Å²) in [5.41, 5.74) is 1.48. The summed E-state index contributed by atoms with van der Waals surface area (Å²) in [6, 6.07) is 9.26. The van der Waals surface area contributed by atoms with Gasteiger partial charge in [-0.15, -0.1) is 0 Å². The van der Waals surface area contributed by atoms with Gasteiger partial charge in [0.25, 0.3) is 5.91 Å². The molecule has 0 saturated carbocycles. The molecule has 1 amide bonds. The minimum atomic E-state index is -0.0173. The Morgan fingerprint density at radius 2 is 2.00 bits per heavy atom. The number of H-pyrrole nitrogens is 1. The highest BCUT2D eigenvalue weighted by Gasteiger charge is 2.27. The summed E-state index contributed by atoms with van der Waals surface area (Å²) in [4.78, 5) is 14.5. The normalized spacial score (nSPS) is 21.1. The van der Waals surface area contributed by atoms with Crippen molar-refractivity contribution in [2.75, 3.05) is 26.3 Å². The number of hydrogen-bond donors (Lipinski definition) is 1. The minimum Gasteiger partial charge on any atom is -0.490 e. The number of halogens is 1. The number of rotatable bonds is 4. The molecule has 2 aliphatic rings. The van der Waals surface area contributed by atoms with E-state index in [1.54, 1.807) is 0 Å². The van der Waals surface area contributed by atoms with Gasteiger partial charge in [0.15, 0.2) is 0 Å². The maximum Gasteiger partial charge on any atom is 0.274 e. The van der Waals surface area contributed by atoms with Crippen molar-refractivity contribution in [2.45, 2.75) is 31.3 Å². The van der Waals surface area contributed by atoms with Crippen LogP contribution in [0.25, 0.3) is 0 Å². The fourth-order valence-corrected chi connectivity index (χ4v) is 3.61. The Bertz CT molecular complexity index is 748. The van der Waals surface area contributed by atoms with Gasteiger partial charge < -0.3 is 14.4 Å². The zero-order valence-electron chi connectivity index (χ0n) is 14.5. The van der Waals surface area contributed by atoms with E-state index in [0.29, 0.717) is 36.3 Å². The second-order valence-electron chi connectivity index (χ2n) is 6.83. The van der Waals surface area contributed by atoms with Crippen LogP contribution in [0.2, 0.25) is 5.02 Å². The SMILES string of the molecule is O=C(c1cc(C2CCOC2)[nH]n1)N1CCC(Oc2ccc(Cl)cc2)CC1. The molecular formula is C19H22ClN3O3. The number of carbonyl (C=O) groups excluding carboxylic acids is 1. The fraction of sp³-hybridized carbons (Fsp3) is 0.474. The predicted octanol–water partition coefficient (Wildman–Crippen LogP) is 3.25. The minimum absolute atomic E-state index is 0.0173. The smallest absolute Gasteiger partial charge is 0.274 e. The van der Waals surface area contributed by atoms with Crippen LogP contribution in [-0.4, -0.2) is 53.4 Å². The number of piperidine rings is 1. The molecule has 1 atom stereocenters. The number of ether oxygens (including phenoxy) is 2. The number of amides is 1. The monoisotopic (exact) mass is 375 g/mol. The maximum absolute atomic E-state index is 12.7. The van der Waals surface area contributed by atoms with Crippen LogP contribution in [0.3, 0.4) is 0 Å². The molecule has 26 heavy (non-hydrogen) atoms. The van der Waals surface area contributed by atoms with Crippen LogP contribution < -0.4 is 4.74 Å². The Kier molecular flexibility index (Phi) is 5.13. The van der Waals surface area contributed by atoms with E-state index in [1.807, 2.05) is 35.2 Å². The average Bonchev–Trinajstić information content (AvgIpc) is 3.35. The first kappa shape index (κ1) is 17.4. The molecule has 1 unspecified atom stereocenters. The Hall–Kier alpha value is -2.05. The predicted molar refractivity (Wildman–Crippen MR) is 97.8 cm³/mol. The van der Waals surface area contributed by atoms with E-state index >= 15 is 0 Å². The first-order valence-corrected chi connectivity index (χ1v) is 9.41. The van der Waals surface area contributed by atoms with Crippen LogP contribution in [0.4, 0.5) is 0 Å². The van der Waals surface area contributed by atoms with Gasteiger partial charge in [0.1, 0.15) is 17.5 Å². The Morgan fingerprint density at radius 1 is 1.23 bits per heavy atom. The molecule has 1 N–H and O–H groups in total. The van der Waals surface area contributed by atoms with Crippen molar-refractivity contribution in [1.82, 2.24) is 15.1 Å². The third kappa shape index (κ3) is 3.86. The average molecular weight is 376 g/mol. The number of nitrogens with one attached hydrogen (secondary N) is 1. The molecule has 1 aromatic heterocycles. The molecule has 138 valence electrons. The zero-order valence-corrected chi connectivity index (χ0v) is 15.2. The number of nitrogens with zero attached hydrogens (tertiary/aromatic N) is 2. The molecule has 0 aliphatic carbocycles. The summed E-state index contributed by atoms with van der Waals surface area (Å²) in [6.07, 6.45) is 2.71. The van der Waals surface area contributed by atoms with Gasteiger partial charge in [0.2, 0.25) is 0 Å². The molecule has 0 radical (unpaired) electrons. The summed E-state index contributed by atoms with van der Waals surface area (Å²) in [6.45, 7) is 2.81. The number of aromatic nitrogens is 2. The van der Waals surface area contributed by atoms with Crippen molar-refractivity contribution in [3.8, 4) is 5.75 Å². The molecule has 2 aromatic rings. The molecule has 7 heteroatoms. The number of aromatic amines is 1. The van der Waals surface area contributed by atoms with Crippen molar-refractivity contribution >= 4 is 17.5 Å². The lowest BCUT2D eigenvalue weighted by atomic mass is 10.0. The quantitative estimate of drug-likeness (QED) is 0.890. The van der Waals surface area contributed by atoms with Crippen molar-refractivity contribution in [3.05, 3.63) is 46.7 Å². The van der Waals surface area contributed by atoms with E-state index in [2.05, 4.69) is 10.2 Å². The summed E-state index contributed by atoms with van der Waals surface area (Å²) < 4.78 is 11.4. The Balaban J connectivity index is 1.31. The lowest BCUT2D eigenvalue weighted by Gasteiger charge is -2.31. The largest absolute Gasteiger partial charge is 0.490 e. The fourth-order valence-electron chi connectivity index (χ4n) is 3.48. The molecule has 2 aliphatic heterocycles. The first-order valence-electron chi connectivity index (χ1n) is 9.03. The van der Waals surface area contributed by atoms with E-state index in [0.717, 1.165) is 37.3 Å². The van der Waals surface area contributed by atoms with Crippen molar-refractivity contribution in [3.63, 3.8) is 0 Å². The van der Waals surface area contributed by atoms with Crippen LogP contribution in [0.1, 0.15) is 41.4 Å². The van der Waals surface area contributed by atoms with Gasteiger partial charge in [-0.25, -0.2) is 0 Å². The third-order valence-corrected chi connectivity index (χ3v) is 5.28. The Labute approximate surface area is 157 Å². The van der Waals surface area contributed by atoms with E-state index in [9.17, 15) is 4.79 Å². The number of hydrogen-bond acceptors (Lipinski definition) is 4. The van der Waals surface area contributed by atoms with Gasteiger partial charge in [-0.2, -0.15) is 5.10 Å². The number of likely N-dealkylation sites (tertiary alicyclic amines) is 1. The summed E-state index contributed by atoms with van der Waals surface area (Å²) >= 11 is 5.89. The van der Waals surface area contributed by atoms with Crippen molar-refractivity contribution in [2.24, 2.45) is 0 Å². The van der Waals surface area contributed by atoms with Gasteiger partial charge >= 0.3 is 0 Å². The van der Waals surface area contributed by atoms with Gasteiger partial charge in [-0.1, -0.05) is 11.6 Å². The lowest BCUT2D eigenvalue weighted by molar-refractivity contribution is 0.0590. The second-order valence-corrected chi connectivity index (χ2v) is 7.27. The van der Waals surface area contributed by atoms with Crippen LogP contribution >= 0.6 is 11.6 Å². The van der Waals surface area contributed by atoms with Gasteiger partial charge in [-0.3, -0.25) is 9.89 Å². The van der Waals surface area contributed by atoms with E-state index < -0.39 is 0 Å². The highest BCUT2D eigenvalue weighted by molar-refractivity contribution is 6.30. The highest BCUT2D eigenvalue weighted by Crippen LogP contribution is 2.25. The molecular weight excluding hydrogens is 354 g/mol. The standard InChI is InChI=1S/C19H22ClN3O3/c20-14-1-3-15(4-2-14)26-16-5-8-23(9-6-16)19(24)18-11-17(21-22-18)13-7-10-25-12-13/h1-4,11,13,16H,5-10,12H2,(H,21,22). The van der Waals surface area contributed by atoms with E-state index in [1.165, 1.54) is 0 Å². The van der Waals surface area contributed by atoms with Crippen LogP contribution in [0, 0.1) is 0 Å². The molecule has 1 aromatic carbocycles. The van der Waals surface area contributed by atoms with Crippen molar-refractivity contribution < 1.29 is 14.3 Å². The highest BCUT2D eigenvalue weighted by atomic mass is 35.5. The first-order chi connectivity index (χ1) is 12.7. The molecule has 0 bridgehead atoms. The van der Waals surface area contributed by atoms with Gasteiger partial charge in [0, 0.05) is 49.2 Å². The lowest BCUT2D eigenvalue weighted by Crippen LogP contribution is -2.41. The number of benzene rings is 1. The number of carbonyl (C=O) groups is 1. The maximum atomic E-state index is 12.7. The molecule has 3 heterocycles. The van der Waals surface area contributed by atoms with Crippen LogP contribution in [0.5, 0.6) is 5.75 Å². The third-order valence-electron chi connectivity index (χ3n) is 5.03.